The summed E-state index contributed by atoms with van der Waals surface area (Å²) >= 11 is 0. The number of methoxy groups -OCH3 is 2. The van der Waals surface area contributed by atoms with Crippen LogP contribution in [0, 0.1) is 11.8 Å². The van der Waals surface area contributed by atoms with Gasteiger partial charge in [-0.05, 0) is 65.4 Å². The van der Waals surface area contributed by atoms with Crippen molar-refractivity contribution in [2.75, 3.05) is 20.5 Å². The molecule has 0 aliphatic carbocycles. The van der Waals surface area contributed by atoms with Crippen molar-refractivity contribution in [1.29, 1.82) is 0 Å². The van der Waals surface area contributed by atoms with Crippen LogP contribution in [0.3, 0.4) is 0 Å². The van der Waals surface area contributed by atoms with Crippen LogP contribution in [0.1, 0.15) is 21.5 Å². The van der Waals surface area contributed by atoms with Crippen molar-refractivity contribution < 1.29 is 18.5 Å². The van der Waals surface area contributed by atoms with E-state index in [1.165, 1.54) is 12.5 Å². The number of carbonyl (C=O) groups is 1. The molecule has 0 fully saturated rings. The van der Waals surface area contributed by atoms with Gasteiger partial charge in [0, 0.05) is 34.7 Å². The van der Waals surface area contributed by atoms with Gasteiger partial charge < -0.3 is 9.47 Å². The molecular weight excluding hydrogens is 448 g/mol. The van der Waals surface area contributed by atoms with Crippen molar-refractivity contribution in [2.45, 2.75) is 4.90 Å². The Hall–Kier alpha value is -4.15. The largest absolute Gasteiger partial charge is 0.497 e. The second-order valence-electron chi connectivity index (χ2n) is 7.51. The molecule has 34 heavy (non-hydrogen) atoms. The number of nitrogens with zero attached hydrogens (tertiary/aromatic N) is 2. The second kappa shape index (κ2) is 9.77. The molecule has 0 N–H and O–H groups in total. The predicted molar refractivity (Wildman–Crippen MR) is 133 cm³/mol. The monoisotopic (exact) mass is 470 g/mol. The number of aromatic nitrogens is 1. The van der Waals surface area contributed by atoms with Gasteiger partial charge in [0.25, 0.3) is 5.91 Å². The van der Waals surface area contributed by atoms with E-state index < -0.39 is 15.6 Å². The van der Waals surface area contributed by atoms with Gasteiger partial charge >= 0.3 is 0 Å². The van der Waals surface area contributed by atoms with Gasteiger partial charge in [-0.15, -0.1) is 0 Å². The third kappa shape index (κ3) is 5.25. The molecule has 0 radical (unpaired) electrons. The van der Waals surface area contributed by atoms with Crippen molar-refractivity contribution in [3.63, 3.8) is 0 Å². The van der Waals surface area contributed by atoms with Gasteiger partial charge in [0.05, 0.1) is 29.5 Å². The van der Waals surface area contributed by atoms with Gasteiger partial charge in [0.1, 0.15) is 11.5 Å². The summed E-state index contributed by atoms with van der Waals surface area (Å²) in [6, 6.07) is 20.0. The van der Waals surface area contributed by atoms with Crippen LogP contribution >= 0.6 is 0 Å². The van der Waals surface area contributed by atoms with Crippen molar-refractivity contribution in [3.05, 3.63) is 95.8 Å². The Morgan fingerprint density at radius 2 is 1.47 bits per heavy atom. The highest BCUT2D eigenvalue weighted by molar-refractivity contribution is 7.93. The maximum Gasteiger partial charge on any atom is 0.286 e. The zero-order chi connectivity index (χ0) is 24.1. The van der Waals surface area contributed by atoms with Crippen molar-refractivity contribution in [3.8, 4) is 23.3 Å². The minimum atomic E-state index is -2.93. The average Bonchev–Trinajstić information content (AvgIpc) is 2.87. The lowest BCUT2D eigenvalue weighted by Gasteiger charge is -2.05. The first-order chi connectivity index (χ1) is 16.4. The SMILES string of the molecule is COc1ccc(S(C)(=O)=NC(=O)c2cncc(C#Cc3ccc4cc(OC)ccc4c3)c2)cc1. The molecule has 0 spiro atoms. The van der Waals surface area contributed by atoms with Gasteiger partial charge in [-0.1, -0.05) is 24.0 Å². The number of pyridine rings is 1. The van der Waals surface area contributed by atoms with Gasteiger partial charge in [-0.25, -0.2) is 4.21 Å². The molecule has 7 heteroatoms. The number of carbonyl (C=O) groups excluding carboxylic acids is 1. The van der Waals surface area contributed by atoms with E-state index in [1.54, 1.807) is 50.7 Å². The summed E-state index contributed by atoms with van der Waals surface area (Å²) in [5, 5.41) is 2.10. The third-order valence-electron chi connectivity index (χ3n) is 5.14. The standard InChI is InChI=1S/C27H22N2O4S/c1-32-24-10-12-26(13-11-24)34(3,31)29-27(30)23-15-20(17-28-18-23)5-4-19-6-7-22-16-25(33-2)9-8-21(22)14-19/h6-18H,1-3H3. The van der Waals surface area contributed by atoms with Crippen LogP contribution in [0.25, 0.3) is 10.8 Å². The van der Waals surface area contributed by atoms with Gasteiger partial charge in [0.15, 0.2) is 0 Å². The highest BCUT2D eigenvalue weighted by atomic mass is 32.2. The highest BCUT2D eigenvalue weighted by Crippen LogP contribution is 2.22. The van der Waals surface area contributed by atoms with Crippen molar-refractivity contribution >= 4 is 26.4 Å². The molecule has 0 aliphatic rings. The molecule has 4 rings (SSSR count). The van der Waals surface area contributed by atoms with Gasteiger partial charge in [-0.2, -0.15) is 4.36 Å². The Balaban J connectivity index is 1.58. The van der Waals surface area contributed by atoms with E-state index in [1.807, 2.05) is 36.4 Å². The summed E-state index contributed by atoms with van der Waals surface area (Å²) in [5.74, 6) is 6.95. The molecule has 1 amide bonds. The molecule has 0 saturated heterocycles. The maximum absolute atomic E-state index is 13.0. The number of hydrogen-bond acceptors (Lipinski definition) is 5. The Morgan fingerprint density at radius 3 is 2.21 bits per heavy atom. The van der Waals surface area contributed by atoms with E-state index in [-0.39, 0.29) is 5.56 Å². The van der Waals surface area contributed by atoms with Crippen LogP contribution in [0.5, 0.6) is 11.5 Å². The van der Waals surface area contributed by atoms with E-state index >= 15 is 0 Å². The van der Waals surface area contributed by atoms with Crippen LogP contribution in [0.4, 0.5) is 0 Å². The lowest BCUT2D eigenvalue weighted by atomic mass is 10.1. The molecule has 1 atom stereocenters. The van der Waals surface area contributed by atoms with Crippen LogP contribution in [0.15, 0.2) is 88.4 Å². The molecule has 4 aromatic rings. The molecule has 0 aliphatic heterocycles. The fourth-order valence-corrected chi connectivity index (χ4v) is 4.46. The minimum absolute atomic E-state index is 0.223. The molecular formula is C27H22N2O4S. The Kier molecular flexibility index (Phi) is 6.62. The zero-order valence-corrected chi connectivity index (χ0v) is 19.8. The van der Waals surface area contributed by atoms with Gasteiger partial charge in [0.2, 0.25) is 0 Å². The summed E-state index contributed by atoms with van der Waals surface area (Å²) in [4.78, 5) is 17.3. The summed E-state index contributed by atoms with van der Waals surface area (Å²) < 4.78 is 27.4. The number of rotatable bonds is 4. The predicted octanol–water partition coefficient (Wildman–Crippen LogP) is 4.95. The summed E-state index contributed by atoms with van der Waals surface area (Å²) in [6.07, 6.45) is 4.39. The first kappa shape index (κ1) is 23.0. The van der Waals surface area contributed by atoms with E-state index in [2.05, 4.69) is 21.2 Å². The first-order valence-corrected chi connectivity index (χ1v) is 12.3. The fraction of sp³-hybridized carbons (Fsp3) is 0.111. The Bertz CT molecular complexity index is 1560. The number of hydrogen-bond donors (Lipinski definition) is 0. The quantitative estimate of drug-likeness (QED) is 0.395. The van der Waals surface area contributed by atoms with E-state index in [0.29, 0.717) is 16.2 Å². The van der Waals surface area contributed by atoms with Crippen LogP contribution in [0.2, 0.25) is 0 Å². The molecule has 1 unspecified atom stereocenters. The van der Waals surface area contributed by atoms with Crippen molar-refractivity contribution in [1.82, 2.24) is 4.98 Å². The summed E-state index contributed by atoms with van der Waals surface area (Å²) in [7, 11) is 0.257. The van der Waals surface area contributed by atoms with Crippen LogP contribution in [-0.2, 0) is 9.73 Å². The molecule has 0 bridgehead atoms. The second-order valence-corrected chi connectivity index (χ2v) is 9.77. The minimum Gasteiger partial charge on any atom is -0.497 e. The van der Waals surface area contributed by atoms with Crippen LogP contribution in [-0.4, -0.2) is 35.6 Å². The van der Waals surface area contributed by atoms with E-state index in [4.69, 9.17) is 9.47 Å². The molecule has 3 aromatic carbocycles. The normalized spacial score (nSPS) is 12.2. The first-order valence-electron chi connectivity index (χ1n) is 10.3. The molecule has 1 aromatic heterocycles. The molecule has 1 heterocycles. The number of amides is 1. The molecule has 6 nitrogen and oxygen atoms in total. The maximum atomic E-state index is 13.0. The highest BCUT2D eigenvalue weighted by Gasteiger charge is 2.12. The Morgan fingerprint density at radius 1 is 0.824 bits per heavy atom. The topological polar surface area (TPSA) is 77.9 Å². The zero-order valence-electron chi connectivity index (χ0n) is 18.9. The molecule has 0 saturated carbocycles. The fourth-order valence-electron chi connectivity index (χ4n) is 3.29. The van der Waals surface area contributed by atoms with Crippen LogP contribution < -0.4 is 9.47 Å². The average molecular weight is 471 g/mol. The number of ether oxygens (including phenoxy) is 2. The Labute approximate surface area is 198 Å². The third-order valence-corrected chi connectivity index (χ3v) is 6.80. The summed E-state index contributed by atoms with van der Waals surface area (Å²) in [5.41, 5.74) is 1.61. The van der Waals surface area contributed by atoms with E-state index in [9.17, 15) is 9.00 Å². The number of fused-ring (bicyclic) bond motifs is 1. The summed E-state index contributed by atoms with van der Waals surface area (Å²) in [6.45, 7) is 0. The lowest BCUT2D eigenvalue weighted by Crippen LogP contribution is -2.04. The lowest BCUT2D eigenvalue weighted by molar-refractivity contribution is 0.100. The van der Waals surface area contributed by atoms with E-state index in [0.717, 1.165) is 22.1 Å². The smallest absolute Gasteiger partial charge is 0.286 e. The molecule has 170 valence electrons. The number of benzene rings is 3. The van der Waals surface area contributed by atoms with Gasteiger partial charge in [-0.3, -0.25) is 9.78 Å². The van der Waals surface area contributed by atoms with Crippen molar-refractivity contribution in [2.24, 2.45) is 4.36 Å².